The number of nitrogens with zero attached hydrogens (tertiary/aromatic N) is 1. The Morgan fingerprint density at radius 2 is 2.00 bits per heavy atom. The van der Waals surface area contributed by atoms with Crippen LogP contribution < -0.4 is 0 Å². The van der Waals surface area contributed by atoms with Gasteiger partial charge in [-0.3, -0.25) is 19.3 Å². The third kappa shape index (κ3) is 4.60. The van der Waals surface area contributed by atoms with Gasteiger partial charge < -0.3 is 9.15 Å². The maximum absolute atomic E-state index is 12.4. The van der Waals surface area contributed by atoms with E-state index in [4.69, 9.17) is 32.4 Å². The highest BCUT2D eigenvalue weighted by Crippen LogP contribution is 2.35. The smallest absolute Gasteiger partial charge is 0.326 e. The molecule has 0 atom stereocenters. The van der Waals surface area contributed by atoms with Gasteiger partial charge in [0.05, 0.1) is 16.0 Å². The molecule has 2 aromatic rings. The zero-order valence-corrected chi connectivity index (χ0v) is 17.2. The molecule has 9 heteroatoms. The highest BCUT2D eigenvalue weighted by atomic mass is 35.5. The van der Waals surface area contributed by atoms with Crippen molar-refractivity contribution in [1.29, 1.82) is 0 Å². The summed E-state index contributed by atoms with van der Waals surface area (Å²) in [4.78, 5) is 37.3. The summed E-state index contributed by atoms with van der Waals surface area (Å²) >= 11 is 12.8. The first-order chi connectivity index (χ1) is 13.2. The summed E-state index contributed by atoms with van der Waals surface area (Å²) < 4.78 is 10.7. The number of amides is 2. The third-order valence-electron chi connectivity index (χ3n) is 3.62. The van der Waals surface area contributed by atoms with Gasteiger partial charge in [-0.2, -0.15) is 0 Å². The van der Waals surface area contributed by atoms with Crippen molar-refractivity contribution in [2.45, 2.75) is 20.0 Å². The molecular formula is C19H15Cl2NO5S. The number of hydrogen-bond acceptors (Lipinski definition) is 6. The van der Waals surface area contributed by atoms with Crippen molar-refractivity contribution in [1.82, 2.24) is 4.90 Å². The average Bonchev–Trinajstić information content (AvgIpc) is 3.15. The van der Waals surface area contributed by atoms with Gasteiger partial charge in [0, 0.05) is 16.7 Å². The zero-order valence-electron chi connectivity index (χ0n) is 14.9. The van der Waals surface area contributed by atoms with E-state index >= 15 is 0 Å². The number of thioether (sulfide) groups is 1. The summed E-state index contributed by atoms with van der Waals surface area (Å²) in [5, 5.41) is 0.395. The largest absolute Gasteiger partial charge is 0.462 e. The van der Waals surface area contributed by atoms with Crippen molar-refractivity contribution >= 4 is 58.2 Å². The molecule has 1 aliphatic rings. The molecule has 0 spiro atoms. The predicted octanol–water partition coefficient (Wildman–Crippen LogP) is 5.24. The number of rotatable bonds is 5. The van der Waals surface area contributed by atoms with Crippen LogP contribution in [0.4, 0.5) is 4.79 Å². The molecule has 0 aliphatic carbocycles. The summed E-state index contributed by atoms with van der Waals surface area (Å²) in [5.41, 5.74) is 0.648. The van der Waals surface area contributed by atoms with E-state index < -0.39 is 23.7 Å². The number of imide groups is 1. The molecular weight excluding hydrogens is 425 g/mol. The lowest BCUT2D eigenvalue weighted by Gasteiger charge is -2.13. The molecule has 2 amide bonds. The minimum atomic E-state index is -0.642. The van der Waals surface area contributed by atoms with Gasteiger partial charge in [-0.05, 0) is 55.9 Å². The Kier molecular flexibility index (Phi) is 6.17. The number of ether oxygens (including phenoxy) is 1. The Morgan fingerprint density at radius 1 is 1.25 bits per heavy atom. The van der Waals surface area contributed by atoms with E-state index in [2.05, 4.69) is 0 Å². The first-order valence-electron chi connectivity index (χ1n) is 8.24. The first kappa shape index (κ1) is 20.5. The summed E-state index contributed by atoms with van der Waals surface area (Å²) in [6.45, 7) is 2.95. The number of esters is 1. The molecule has 0 saturated carbocycles. The number of furan rings is 1. The summed E-state index contributed by atoms with van der Waals surface area (Å²) in [6.07, 6.45) is 1.12. The Bertz CT molecular complexity index is 982. The van der Waals surface area contributed by atoms with E-state index in [0.29, 0.717) is 27.1 Å². The molecule has 1 aromatic heterocycles. The van der Waals surface area contributed by atoms with Crippen LogP contribution in [-0.2, 0) is 14.3 Å². The highest BCUT2D eigenvalue weighted by molar-refractivity contribution is 8.18. The van der Waals surface area contributed by atoms with Crippen LogP contribution in [0.3, 0.4) is 0 Å². The lowest BCUT2D eigenvalue weighted by Crippen LogP contribution is -2.35. The highest BCUT2D eigenvalue weighted by Gasteiger charge is 2.37. The Hall–Kier alpha value is -2.22. The maximum atomic E-state index is 12.4. The Labute approximate surface area is 175 Å². The fourth-order valence-electron chi connectivity index (χ4n) is 2.46. The monoisotopic (exact) mass is 439 g/mol. The molecule has 2 heterocycles. The molecule has 0 bridgehead atoms. The van der Waals surface area contributed by atoms with E-state index in [0.717, 1.165) is 16.7 Å². The van der Waals surface area contributed by atoms with Gasteiger partial charge >= 0.3 is 5.97 Å². The van der Waals surface area contributed by atoms with Crippen molar-refractivity contribution in [2.24, 2.45) is 0 Å². The topological polar surface area (TPSA) is 76.8 Å². The van der Waals surface area contributed by atoms with Crippen molar-refractivity contribution in [2.75, 3.05) is 6.54 Å². The first-order valence-corrected chi connectivity index (χ1v) is 9.82. The van der Waals surface area contributed by atoms with Crippen molar-refractivity contribution < 1.29 is 23.5 Å². The molecule has 0 unspecified atom stereocenters. The lowest BCUT2D eigenvalue weighted by atomic mass is 10.2. The van der Waals surface area contributed by atoms with Gasteiger partial charge in [-0.1, -0.05) is 23.2 Å². The predicted molar refractivity (Wildman–Crippen MR) is 108 cm³/mol. The van der Waals surface area contributed by atoms with Gasteiger partial charge in [0.15, 0.2) is 0 Å². The fraction of sp³-hybridized carbons (Fsp3) is 0.211. The van der Waals surface area contributed by atoms with Crippen LogP contribution in [0.15, 0.2) is 39.7 Å². The second kappa shape index (κ2) is 8.43. The standard InChI is InChI=1S/C19H15Cl2NO5S/c1-10(2)26-17(23)9-22-18(24)16(28-19(22)25)8-12-4-6-15(27-12)13-5-3-11(20)7-14(13)21/h3-8,10H,9H2,1-2H3/b16-8-. The molecule has 28 heavy (non-hydrogen) atoms. The number of halogens is 2. The van der Waals surface area contributed by atoms with Crippen LogP contribution in [0.5, 0.6) is 0 Å². The van der Waals surface area contributed by atoms with Crippen LogP contribution in [0.2, 0.25) is 10.0 Å². The van der Waals surface area contributed by atoms with Crippen molar-refractivity contribution in [3.63, 3.8) is 0 Å². The van der Waals surface area contributed by atoms with Crippen LogP contribution in [0, 0.1) is 0 Å². The van der Waals surface area contributed by atoms with Crippen molar-refractivity contribution in [3.8, 4) is 11.3 Å². The van der Waals surface area contributed by atoms with Crippen LogP contribution in [0.25, 0.3) is 17.4 Å². The van der Waals surface area contributed by atoms with Gasteiger partial charge in [0.2, 0.25) is 0 Å². The van der Waals surface area contributed by atoms with Crippen LogP contribution in [0.1, 0.15) is 19.6 Å². The minimum absolute atomic E-state index is 0.158. The fourth-order valence-corrected chi connectivity index (χ4v) is 3.78. The molecule has 1 saturated heterocycles. The number of hydrogen-bond donors (Lipinski definition) is 0. The van der Waals surface area contributed by atoms with Gasteiger partial charge in [0.1, 0.15) is 18.1 Å². The Balaban J connectivity index is 1.77. The molecule has 0 N–H and O–H groups in total. The zero-order chi connectivity index (χ0) is 20.4. The molecule has 1 fully saturated rings. The molecule has 3 rings (SSSR count). The van der Waals surface area contributed by atoms with Crippen LogP contribution >= 0.6 is 35.0 Å². The molecule has 1 aromatic carbocycles. The summed E-state index contributed by atoms with van der Waals surface area (Å²) in [6, 6.07) is 8.36. The molecule has 0 radical (unpaired) electrons. The van der Waals surface area contributed by atoms with E-state index in [1.807, 2.05) is 0 Å². The molecule has 146 valence electrons. The molecule has 6 nitrogen and oxygen atoms in total. The Morgan fingerprint density at radius 3 is 2.68 bits per heavy atom. The maximum Gasteiger partial charge on any atom is 0.326 e. The van der Waals surface area contributed by atoms with Crippen LogP contribution in [-0.4, -0.2) is 34.7 Å². The second-order valence-corrected chi connectivity index (χ2v) is 7.97. The normalized spacial score (nSPS) is 15.8. The van der Waals surface area contributed by atoms with Gasteiger partial charge in [-0.25, -0.2) is 0 Å². The lowest BCUT2D eigenvalue weighted by molar-refractivity contribution is -0.149. The quantitative estimate of drug-likeness (QED) is 0.468. The number of benzene rings is 1. The second-order valence-electron chi connectivity index (χ2n) is 6.13. The van der Waals surface area contributed by atoms with E-state index in [-0.39, 0.29) is 11.0 Å². The SMILES string of the molecule is CC(C)OC(=O)CN1C(=O)S/C(=C\c2ccc(-c3ccc(Cl)cc3Cl)o2)C1=O. The summed E-state index contributed by atoms with van der Waals surface area (Å²) in [5.74, 6) is -0.349. The average molecular weight is 440 g/mol. The van der Waals surface area contributed by atoms with E-state index in [1.165, 1.54) is 6.08 Å². The van der Waals surface area contributed by atoms with Crippen molar-refractivity contribution in [3.05, 3.63) is 51.0 Å². The van der Waals surface area contributed by atoms with E-state index in [1.54, 1.807) is 44.2 Å². The number of carbonyl (C=O) groups excluding carboxylic acids is 3. The van der Waals surface area contributed by atoms with Gasteiger partial charge in [0.25, 0.3) is 11.1 Å². The minimum Gasteiger partial charge on any atom is -0.462 e. The summed E-state index contributed by atoms with van der Waals surface area (Å²) in [7, 11) is 0. The third-order valence-corrected chi connectivity index (χ3v) is 5.08. The van der Waals surface area contributed by atoms with Gasteiger partial charge in [-0.15, -0.1) is 0 Å². The van der Waals surface area contributed by atoms with E-state index in [9.17, 15) is 14.4 Å². The number of carbonyl (C=O) groups is 3. The molecule has 1 aliphatic heterocycles.